The molecule has 2 rings (SSSR count). The molecule has 0 amide bonds. The molecule has 0 aromatic heterocycles. The Hall–Kier alpha value is -0.610. The topological polar surface area (TPSA) is 43.8 Å². The normalized spacial score (nSPS) is 26.9. The van der Waals surface area contributed by atoms with Gasteiger partial charge >= 0.3 is 5.97 Å². The first-order chi connectivity index (χ1) is 9.20. The minimum absolute atomic E-state index is 0.123. The van der Waals surface area contributed by atoms with E-state index >= 15 is 0 Å². The van der Waals surface area contributed by atoms with Gasteiger partial charge in [-0.05, 0) is 51.9 Å². The van der Waals surface area contributed by atoms with Crippen molar-refractivity contribution < 1.29 is 9.90 Å². The van der Waals surface area contributed by atoms with E-state index in [0.717, 1.165) is 19.5 Å². The van der Waals surface area contributed by atoms with Gasteiger partial charge in [0.15, 0.2) is 0 Å². The van der Waals surface area contributed by atoms with E-state index in [1.54, 1.807) is 0 Å². The van der Waals surface area contributed by atoms with Gasteiger partial charge in [0.05, 0.1) is 5.92 Å². The van der Waals surface area contributed by atoms with E-state index in [1.807, 2.05) is 0 Å². The number of nitrogens with zero attached hydrogens (tertiary/aromatic N) is 2. The molecule has 1 atom stereocenters. The maximum atomic E-state index is 11.0. The molecule has 2 aliphatic rings. The van der Waals surface area contributed by atoms with Crippen molar-refractivity contribution in [2.45, 2.75) is 51.5 Å². The summed E-state index contributed by atoms with van der Waals surface area (Å²) in [4.78, 5) is 16.0. The summed E-state index contributed by atoms with van der Waals surface area (Å²) in [7, 11) is 0. The molecule has 0 spiro atoms. The van der Waals surface area contributed by atoms with E-state index < -0.39 is 5.97 Å². The molecule has 4 nitrogen and oxygen atoms in total. The molecular weight excluding hydrogens is 240 g/mol. The highest BCUT2D eigenvalue weighted by Crippen LogP contribution is 2.24. The van der Waals surface area contributed by atoms with Gasteiger partial charge in [-0.3, -0.25) is 9.69 Å². The first-order valence-corrected chi connectivity index (χ1v) is 7.90. The van der Waals surface area contributed by atoms with Crippen molar-refractivity contribution in [3.05, 3.63) is 0 Å². The van der Waals surface area contributed by atoms with Crippen LogP contribution >= 0.6 is 0 Å². The third-order valence-corrected chi connectivity index (χ3v) is 4.72. The van der Waals surface area contributed by atoms with Crippen molar-refractivity contribution >= 4 is 5.97 Å². The largest absolute Gasteiger partial charge is 0.481 e. The predicted octanol–water partition coefficient (Wildman–Crippen LogP) is 2.05. The highest BCUT2D eigenvalue weighted by molar-refractivity contribution is 5.70. The summed E-state index contributed by atoms with van der Waals surface area (Å²) in [6, 6.07) is 0.631. The second-order valence-electron chi connectivity index (χ2n) is 6.10. The third kappa shape index (κ3) is 4.18. The second kappa shape index (κ2) is 7.25. The molecule has 0 aromatic carbocycles. The van der Waals surface area contributed by atoms with Crippen LogP contribution in [0.25, 0.3) is 0 Å². The van der Waals surface area contributed by atoms with Crippen molar-refractivity contribution in [2.75, 3.05) is 32.7 Å². The highest BCUT2D eigenvalue weighted by atomic mass is 16.4. The Kier molecular flexibility index (Phi) is 5.64. The van der Waals surface area contributed by atoms with Crippen LogP contribution in [0.4, 0.5) is 0 Å². The average Bonchev–Trinajstić information content (AvgIpc) is 2.90. The first-order valence-electron chi connectivity index (χ1n) is 7.90. The van der Waals surface area contributed by atoms with E-state index in [-0.39, 0.29) is 5.92 Å². The molecule has 0 aromatic rings. The second-order valence-corrected chi connectivity index (χ2v) is 6.10. The number of carboxylic acids is 1. The maximum absolute atomic E-state index is 11.0. The van der Waals surface area contributed by atoms with Crippen LogP contribution in [-0.2, 0) is 4.79 Å². The van der Waals surface area contributed by atoms with Gasteiger partial charge in [0, 0.05) is 12.6 Å². The fraction of sp³-hybridized carbons (Fsp3) is 0.933. The SMILES string of the molecule is CCCCCN1CCC(N2CCC(C(=O)O)C2)CC1. The third-order valence-electron chi connectivity index (χ3n) is 4.72. The number of aliphatic carboxylic acids is 1. The molecule has 0 bridgehead atoms. The Morgan fingerprint density at radius 1 is 1.16 bits per heavy atom. The number of piperidine rings is 1. The number of carbonyl (C=O) groups is 1. The van der Waals surface area contributed by atoms with Gasteiger partial charge in [-0.2, -0.15) is 0 Å². The Balaban J connectivity index is 1.67. The molecule has 2 fully saturated rings. The monoisotopic (exact) mass is 268 g/mol. The summed E-state index contributed by atoms with van der Waals surface area (Å²) in [6.07, 6.45) is 7.24. The van der Waals surface area contributed by atoms with Crippen molar-refractivity contribution in [3.63, 3.8) is 0 Å². The highest BCUT2D eigenvalue weighted by Gasteiger charge is 2.33. The van der Waals surface area contributed by atoms with Crippen molar-refractivity contribution in [1.29, 1.82) is 0 Å². The van der Waals surface area contributed by atoms with Gasteiger partial charge in [-0.15, -0.1) is 0 Å². The zero-order valence-corrected chi connectivity index (χ0v) is 12.2. The Labute approximate surface area is 116 Å². The summed E-state index contributed by atoms with van der Waals surface area (Å²) < 4.78 is 0. The summed E-state index contributed by atoms with van der Waals surface area (Å²) in [5.41, 5.74) is 0. The standard InChI is InChI=1S/C15H28N2O2/c1-2-3-4-8-16-9-6-14(7-10-16)17-11-5-13(12-17)15(18)19/h13-14H,2-12H2,1H3,(H,18,19). The Morgan fingerprint density at radius 2 is 1.89 bits per heavy atom. The maximum Gasteiger partial charge on any atom is 0.307 e. The van der Waals surface area contributed by atoms with E-state index in [2.05, 4.69) is 16.7 Å². The van der Waals surface area contributed by atoms with Gasteiger partial charge < -0.3 is 10.0 Å². The van der Waals surface area contributed by atoms with E-state index in [0.29, 0.717) is 6.04 Å². The lowest BCUT2D eigenvalue weighted by atomic mass is 10.0. The zero-order valence-electron chi connectivity index (χ0n) is 12.2. The lowest BCUT2D eigenvalue weighted by Crippen LogP contribution is -2.44. The fourth-order valence-corrected chi connectivity index (χ4v) is 3.41. The number of hydrogen-bond donors (Lipinski definition) is 1. The summed E-state index contributed by atoms with van der Waals surface area (Å²) in [5.74, 6) is -0.734. The molecule has 4 heteroatoms. The van der Waals surface area contributed by atoms with Crippen LogP contribution in [0.5, 0.6) is 0 Å². The molecule has 110 valence electrons. The Bertz CT molecular complexity index is 288. The molecule has 0 aliphatic carbocycles. The lowest BCUT2D eigenvalue weighted by Gasteiger charge is -2.36. The van der Waals surface area contributed by atoms with Gasteiger partial charge in [0.1, 0.15) is 0 Å². The van der Waals surface area contributed by atoms with Gasteiger partial charge in [0.2, 0.25) is 0 Å². The van der Waals surface area contributed by atoms with Gasteiger partial charge in [-0.1, -0.05) is 19.8 Å². The zero-order chi connectivity index (χ0) is 13.7. The summed E-state index contributed by atoms with van der Waals surface area (Å²) in [5, 5.41) is 9.06. The molecule has 2 heterocycles. The molecular formula is C15H28N2O2. The van der Waals surface area contributed by atoms with Gasteiger partial charge in [-0.25, -0.2) is 0 Å². The summed E-state index contributed by atoms with van der Waals surface area (Å²) >= 11 is 0. The number of unbranched alkanes of at least 4 members (excludes halogenated alkanes) is 2. The molecule has 2 saturated heterocycles. The number of carboxylic acid groups (broad SMARTS) is 1. The molecule has 0 radical (unpaired) electrons. The number of rotatable bonds is 6. The Morgan fingerprint density at radius 3 is 2.47 bits per heavy atom. The number of likely N-dealkylation sites (tertiary alicyclic amines) is 2. The van der Waals surface area contributed by atoms with Crippen molar-refractivity contribution in [2.24, 2.45) is 5.92 Å². The summed E-state index contributed by atoms with van der Waals surface area (Å²) in [6.45, 7) is 7.65. The fourth-order valence-electron chi connectivity index (χ4n) is 3.41. The van der Waals surface area contributed by atoms with Crippen molar-refractivity contribution in [1.82, 2.24) is 9.80 Å². The molecule has 1 N–H and O–H groups in total. The molecule has 1 unspecified atom stereocenters. The van der Waals surface area contributed by atoms with Crippen LogP contribution < -0.4 is 0 Å². The quantitative estimate of drug-likeness (QED) is 0.749. The van der Waals surface area contributed by atoms with Crippen LogP contribution in [0.1, 0.15) is 45.4 Å². The van der Waals surface area contributed by atoms with Crippen LogP contribution in [0.2, 0.25) is 0 Å². The first kappa shape index (κ1) is 14.8. The van der Waals surface area contributed by atoms with Crippen LogP contribution in [-0.4, -0.2) is 59.6 Å². The van der Waals surface area contributed by atoms with E-state index in [1.165, 1.54) is 51.7 Å². The number of hydrogen-bond acceptors (Lipinski definition) is 3. The lowest BCUT2D eigenvalue weighted by molar-refractivity contribution is -0.141. The average molecular weight is 268 g/mol. The predicted molar refractivity (Wildman–Crippen MR) is 76.3 cm³/mol. The smallest absolute Gasteiger partial charge is 0.307 e. The molecule has 2 aliphatic heterocycles. The van der Waals surface area contributed by atoms with Crippen LogP contribution in [0.15, 0.2) is 0 Å². The minimum Gasteiger partial charge on any atom is -0.481 e. The molecule has 0 saturated carbocycles. The van der Waals surface area contributed by atoms with E-state index in [4.69, 9.17) is 5.11 Å². The van der Waals surface area contributed by atoms with Crippen molar-refractivity contribution in [3.8, 4) is 0 Å². The molecule has 19 heavy (non-hydrogen) atoms. The van der Waals surface area contributed by atoms with Crippen LogP contribution in [0, 0.1) is 5.92 Å². The minimum atomic E-state index is -0.612. The van der Waals surface area contributed by atoms with Crippen LogP contribution in [0.3, 0.4) is 0 Å². The van der Waals surface area contributed by atoms with Gasteiger partial charge in [0.25, 0.3) is 0 Å². The van der Waals surface area contributed by atoms with E-state index in [9.17, 15) is 4.79 Å².